The van der Waals surface area contributed by atoms with E-state index in [1.165, 1.54) is 12.3 Å². The summed E-state index contributed by atoms with van der Waals surface area (Å²) < 4.78 is 4.43. The van der Waals surface area contributed by atoms with Crippen molar-refractivity contribution in [3.05, 3.63) is 28.5 Å². The molecule has 2 N–H and O–H groups in total. The minimum absolute atomic E-state index is 0.129. The monoisotopic (exact) mass is 272 g/mol. The molecule has 0 bridgehead atoms. The van der Waals surface area contributed by atoms with Gasteiger partial charge in [-0.25, -0.2) is 4.79 Å². The SMILES string of the molecule is COC(=O)C(CO)NC(=O)c1cnc(C)cc1Cl. The second-order valence-electron chi connectivity index (χ2n) is 3.54. The maximum Gasteiger partial charge on any atom is 0.330 e. The van der Waals surface area contributed by atoms with Gasteiger partial charge >= 0.3 is 5.97 Å². The molecular formula is C11H13ClN2O4. The molecule has 1 unspecified atom stereocenters. The molecule has 6 nitrogen and oxygen atoms in total. The first kappa shape index (κ1) is 14.4. The molecule has 0 aliphatic rings. The summed E-state index contributed by atoms with van der Waals surface area (Å²) in [5.74, 6) is -1.33. The van der Waals surface area contributed by atoms with Gasteiger partial charge in [-0.3, -0.25) is 9.78 Å². The number of nitrogens with one attached hydrogen (secondary N) is 1. The van der Waals surface area contributed by atoms with Crippen molar-refractivity contribution < 1.29 is 19.4 Å². The molecule has 0 saturated heterocycles. The number of aryl methyl sites for hydroxylation is 1. The molecule has 98 valence electrons. The topological polar surface area (TPSA) is 88.5 Å². The Bertz CT molecular complexity index is 464. The second kappa shape index (κ2) is 6.32. The fourth-order valence-electron chi connectivity index (χ4n) is 1.25. The zero-order chi connectivity index (χ0) is 13.7. The molecule has 0 spiro atoms. The van der Waals surface area contributed by atoms with Gasteiger partial charge in [0, 0.05) is 11.9 Å². The van der Waals surface area contributed by atoms with Crippen molar-refractivity contribution in [3.63, 3.8) is 0 Å². The zero-order valence-electron chi connectivity index (χ0n) is 9.94. The number of carbonyl (C=O) groups is 2. The lowest BCUT2D eigenvalue weighted by molar-refractivity contribution is -0.143. The van der Waals surface area contributed by atoms with Gasteiger partial charge in [-0.15, -0.1) is 0 Å². The standard InChI is InChI=1S/C11H13ClN2O4/c1-6-3-8(12)7(4-13-6)10(16)14-9(5-15)11(17)18-2/h3-4,9,15H,5H2,1-2H3,(H,14,16). The summed E-state index contributed by atoms with van der Waals surface area (Å²) in [7, 11) is 1.16. The van der Waals surface area contributed by atoms with Crippen LogP contribution in [0.1, 0.15) is 16.1 Å². The van der Waals surface area contributed by atoms with Crippen LogP contribution in [0.2, 0.25) is 5.02 Å². The van der Waals surface area contributed by atoms with E-state index in [1.54, 1.807) is 6.92 Å². The van der Waals surface area contributed by atoms with Gasteiger partial charge < -0.3 is 15.2 Å². The van der Waals surface area contributed by atoms with Crippen LogP contribution in [-0.2, 0) is 9.53 Å². The van der Waals surface area contributed by atoms with E-state index in [2.05, 4.69) is 15.0 Å². The number of pyridine rings is 1. The summed E-state index contributed by atoms with van der Waals surface area (Å²) in [5, 5.41) is 11.5. The number of hydrogen-bond donors (Lipinski definition) is 2. The second-order valence-corrected chi connectivity index (χ2v) is 3.94. The van der Waals surface area contributed by atoms with E-state index in [9.17, 15) is 9.59 Å². The number of hydrogen-bond acceptors (Lipinski definition) is 5. The Morgan fingerprint density at radius 3 is 2.78 bits per heavy atom. The number of nitrogens with zero attached hydrogens (tertiary/aromatic N) is 1. The number of ether oxygens (including phenoxy) is 1. The first-order valence-electron chi connectivity index (χ1n) is 5.11. The molecule has 18 heavy (non-hydrogen) atoms. The molecule has 1 heterocycles. The van der Waals surface area contributed by atoms with Gasteiger partial charge in [0.2, 0.25) is 0 Å². The Kier molecular flexibility index (Phi) is 5.06. The minimum Gasteiger partial charge on any atom is -0.467 e. The van der Waals surface area contributed by atoms with E-state index in [0.717, 1.165) is 7.11 Å². The first-order chi connectivity index (χ1) is 8.49. The highest BCUT2D eigenvalue weighted by molar-refractivity contribution is 6.33. The number of methoxy groups -OCH3 is 1. The quantitative estimate of drug-likeness (QED) is 0.770. The maximum atomic E-state index is 11.8. The van der Waals surface area contributed by atoms with Crippen LogP contribution in [-0.4, -0.2) is 41.7 Å². The summed E-state index contributed by atoms with van der Waals surface area (Å²) in [6.45, 7) is 1.17. The molecule has 1 aromatic heterocycles. The van der Waals surface area contributed by atoms with Crippen molar-refractivity contribution in [2.24, 2.45) is 0 Å². The van der Waals surface area contributed by atoms with Gasteiger partial charge in [0.1, 0.15) is 0 Å². The van der Waals surface area contributed by atoms with Crippen molar-refractivity contribution in [2.75, 3.05) is 13.7 Å². The number of carbonyl (C=O) groups excluding carboxylic acids is 2. The van der Waals surface area contributed by atoms with Crippen molar-refractivity contribution >= 4 is 23.5 Å². The minimum atomic E-state index is -1.13. The van der Waals surface area contributed by atoms with Gasteiger partial charge in [0.05, 0.1) is 24.3 Å². The average Bonchev–Trinajstić information content (AvgIpc) is 2.34. The third-order valence-corrected chi connectivity index (χ3v) is 2.52. The lowest BCUT2D eigenvalue weighted by atomic mass is 10.2. The molecule has 0 aliphatic heterocycles. The molecule has 0 radical (unpaired) electrons. The van der Waals surface area contributed by atoms with Gasteiger partial charge in [-0.2, -0.15) is 0 Å². The third kappa shape index (κ3) is 3.41. The fraction of sp³-hybridized carbons (Fsp3) is 0.364. The Labute approximate surface area is 109 Å². The molecule has 1 rings (SSSR count). The van der Waals surface area contributed by atoms with Crippen molar-refractivity contribution in [1.29, 1.82) is 0 Å². The van der Waals surface area contributed by atoms with E-state index in [0.29, 0.717) is 5.69 Å². The molecule has 1 aromatic rings. The van der Waals surface area contributed by atoms with E-state index >= 15 is 0 Å². The number of aromatic nitrogens is 1. The highest BCUT2D eigenvalue weighted by Gasteiger charge is 2.22. The van der Waals surface area contributed by atoms with E-state index in [4.69, 9.17) is 16.7 Å². The van der Waals surface area contributed by atoms with Gasteiger partial charge in [-0.1, -0.05) is 11.6 Å². The van der Waals surface area contributed by atoms with E-state index < -0.39 is 24.5 Å². The Morgan fingerprint density at radius 1 is 1.61 bits per heavy atom. The molecule has 1 amide bonds. The number of esters is 1. The molecule has 7 heteroatoms. The van der Waals surface area contributed by atoms with Crippen LogP contribution in [0.4, 0.5) is 0 Å². The van der Waals surface area contributed by atoms with E-state index in [1.807, 2.05) is 0 Å². The van der Waals surface area contributed by atoms with Gasteiger partial charge in [-0.05, 0) is 13.0 Å². The molecule has 0 aromatic carbocycles. The van der Waals surface area contributed by atoms with Crippen LogP contribution >= 0.6 is 11.6 Å². The fourth-order valence-corrected chi connectivity index (χ4v) is 1.54. The van der Waals surface area contributed by atoms with Crippen LogP contribution < -0.4 is 5.32 Å². The molecule has 0 aliphatic carbocycles. The van der Waals surface area contributed by atoms with Crippen LogP contribution in [0.3, 0.4) is 0 Å². The van der Waals surface area contributed by atoms with Gasteiger partial charge in [0.25, 0.3) is 5.91 Å². The predicted molar refractivity (Wildman–Crippen MR) is 64.3 cm³/mol. The highest BCUT2D eigenvalue weighted by atomic mass is 35.5. The van der Waals surface area contributed by atoms with Crippen LogP contribution in [0.15, 0.2) is 12.3 Å². The Balaban J connectivity index is 2.84. The third-order valence-electron chi connectivity index (χ3n) is 2.21. The summed E-state index contributed by atoms with van der Waals surface area (Å²) >= 11 is 5.88. The van der Waals surface area contributed by atoms with Crippen molar-refractivity contribution in [2.45, 2.75) is 13.0 Å². The Hall–Kier alpha value is -1.66. The molecular weight excluding hydrogens is 260 g/mol. The summed E-state index contributed by atoms with van der Waals surface area (Å²) in [6, 6.07) is 0.405. The van der Waals surface area contributed by atoms with Crippen molar-refractivity contribution in [3.8, 4) is 0 Å². The summed E-state index contributed by atoms with van der Waals surface area (Å²) in [5.41, 5.74) is 0.799. The van der Waals surface area contributed by atoms with Crippen LogP contribution in [0.5, 0.6) is 0 Å². The lowest BCUT2D eigenvalue weighted by Gasteiger charge is -2.14. The summed E-state index contributed by atoms with van der Waals surface area (Å²) in [6.07, 6.45) is 1.30. The zero-order valence-corrected chi connectivity index (χ0v) is 10.7. The van der Waals surface area contributed by atoms with Gasteiger partial charge in [0.15, 0.2) is 6.04 Å². The largest absolute Gasteiger partial charge is 0.467 e. The number of halogens is 1. The highest BCUT2D eigenvalue weighted by Crippen LogP contribution is 2.15. The molecule has 0 saturated carbocycles. The molecule has 1 atom stereocenters. The average molecular weight is 273 g/mol. The van der Waals surface area contributed by atoms with Crippen LogP contribution in [0, 0.1) is 6.92 Å². The molecule has 0 fully saturated rings. The first-order valence-corrected chi connectivity index (χ1v) is 5.49. The Morgan fingerprint density at radius 2 is 2.28 bits per heavy atom. The number of amides is 1. The van der Waals surface area contributed by atoms with Crippen LogP contribution in [0.25, 0.3) is 0 Å². The number of aliphatic hydroxyl groups excluding tert-OH is 1. The number of aliphatic hydroxyl groups is 1. The summed E-state index contributed by atoms with van der Waals surface area (Å²) in [4.78, 5) is 27.0. The smallest absolute Gasteiger partial charge is 0.330 e. The van der Waals surface area contributed by atoms with E-state index in [-0.39, 0.29) is 10.6 Å². The lowest BCUT2D eigenvalue weighted by Crippen LogP contribution is -2.44. The predicted octanol–water partition coefficient (Wildman–Crippen LogP) is 0.307. The maximum absolute atomic E-state index is 11.8. The normalized spacial score (nSPS) is 11.8. The van der Waals surface area contributed by atoms with Crippen molar-refractivity contribution in [1.82, 2.24) is 10.3 Å². The number of rotatable bonds is 4.